The van der Waals surface area contributed by atoms with Crippen LogP contribution in [0, 0.1) is 0 Å². The predicted molar refractivity (Wildman–Crippen MR) is 83.9 cm³/mol. The van der Waals surface area contributed by atoms with Crippen LogP contribution in [0.5, 0.6) is 6.01 Å². The monoisotopic (exact) mass is 297 g/mol. The Morgan fingerprint density at radius 2 is 1.95 bits per heavy atom. The predicted octanol–water partition coefficient (Wildman–Crippen LogP) is 2.03. The number of hydrogen-bond donors (Lipinski definition) is 1. The Bertz CT molecular complexity index is 435. The van der Waals surface area contributed by atoms with Gasteiger partial charge in [0.15, 0.2) is 0 Å². The number of nitrogens with zero attached hydrogens (tertiary/aromatic N) is 4. The zero-order chi connectivity index (χ0) is 14.5. The Balaban J connectivity index is 2.20. The van der Waals surface area contributed by atoms with Crippen molar-refractivity contribution in [3.63, 3.8) is 0 Å². The number of hydrogen-bond acceptors (Lipinski definition) is 7. The molecule has 1 aliphatic rings. The van der Waals surface area contributed by atoms with Gasteiger partial charge < -0.3 is 15.0 Å². The summed E-state index contributed by atoms with van der Waals surface area (Å²) in [7, 11) is 1.58. The highest BCUT2D eigenvalue weighted by atomic mass is 32.2. The van der Waals surface area contributed by atoms with Gasteiger partial charge in [0.05, 0.1) is 7.11 Å². The van der Waals surface area contributed by atoms with Crippen LogP contribution in [0.25, 0.3) is 0 Å². The zero-order valence-electron chi connectivity index (χ0n) is 12.6. The van der Waals surface area contributed by atoms with E-state index < -0.39 is 0 Å². The smallest absolute Gasteiger partial charge is 0.322 e. The standard InChI is InChI=1S/C13H23N5OS/c1-5-6-14-11-15-12(17-13(16-11)19-4)18-7-9(2)20-10(3)8-18/h9-10H,5-8H2,1-4H3,(H,14,15,16,17). The number of thioether (sulfide) groups is 1. The third kappa shape index (κ3) is 3.88. The van der Waals surface area contributed by atoms with Gasteiger partial charge in [-0.25, -0.2) is 0 Å². The van der Waals surface area contributed by atoms with E-state index in [1.807, 2.05) is 11.8 Å². The molecule has 1 aliphatic heterocycles. The van der Waals surface area contributed by atoms with E-state index in [1.165, 1.54) is 0 Å². The Morgan fingerprint density at radius 3 is 2.55 bits per heavy atom. The molecule has 0 aromatic carbocycles. The maximum Gasteiger partial charge on any atom is 0.322 e. The molecular formula is C13H23N5OS. The van der Waals surface area contributed by atoms with E-state index in [0.29, 0.717) is 28.4 Å². The van der Waals surface area contributed by atoms with Crippen LogP contribution in [0.2, 0.25) is 0 Å². The molecule has 2 heterocycles. The largest absolute Gasteiger partial charge is 0.467 e. The summed E-state index contributed by atoms with van der Waals surface area (Å²) in [6.45, 7) is 9.33. The van der Waals surface area contributed by atoms with Gasteiger partial charge in [-0.2, -0.15) is 26.7 Å². The fourth-order valence-corrected chi connectivity index (χ4v) is 3.56. The van der Waals surface area contributed by atoms with E-state index in [0.717, 1.165) is 26.1 Å². The molecule has 0 saturated carbocycles. The van der Waals surface area contributed by atoms with Gasteiger partial charge in [-0.05, 0) is 6.42 Å². The highest BCUT2D eigenvalue weighted by molar-refractivity contribution is 8.00. The molecule has 0 aliphatic carbocycles. The summed E-state index contributed by atoms with van der Waals surface area (Å²) in [4.78, 5) is 15.3. The molecule has 20 heavy (non-hydrogen) atoms. The highest BCUT2D eigenvalue weighted by Gasteiger charge is 2.25. The highest BCUT2D eigenvalue weighted by Crippen LogP contribution is 2.27. The second kappa shape index (κ2) is 6.97. The normalized spacial score (nSPS) is 22.7. The fourth-order valence-electron chi connectivity index (χ4n) is 2.24. The number of rotatable bonds is 5. The molecule has 1 aromatic heterocycles. The van der Waals surface area contributed by atoms with Crippen molar-refractivity contribution in [1.29, 1.82) is 0 Å². The third-order valence-corrected chi connectivity index (χ3v) is 4.25. The second-order valence-corrected chi connectivity index (χ2v) is 6.92. The summed E-state index contributed by atoms with van der Waals surface area (Å²) in [6, 6.07) is 0.368. The summed E-state index contributed by atoms with van der Waals surface area (Å²) in [5.41, 5.74) is 0. The molecule has 1 fully saturated rings. The average Bonchev–Trinajstić information content (AvgIpc) is 2.43. The van der Waals surface area contributed by atoms with Crippen LogP contribution in [0.1, 0.15) is 27.2 Å². The van der Waals surface area contributed by atoms with Gasteiger partial charge in [0.25, 0.3) is 0 Å². The van der Waals surface area contributed by atoms with E-state index in [4.69, 9.17) is 4.74 Å². The first-order valence-corrected chi connectivity index (χ1v) is 8.01. The van der Waals surface area contributed by atoms with E-state index in [1.54, 1.807) is 7.11 Å². The van der Waals surface area contributed by atoms with Crippen molar-refractivity contribution < 1.29 is 4.74 Å². The van der Waals surface area contributed by atoms with Crippen LogP contribution in [0.4, 0.5) is 11.9 Å². The Morgan fingerprint density at radius 1 is 1.25 bits per heavy atom. The summed E-state index contributed by atoms with van der Waals surface area (Å²) in [6.07, 6.45) is 1.03. The van der Waals surface area contributed by atoms with Gasteiger partial charge in [0, 0.05) is 30.1 Å². The van der Waals surface area contributed by atoms with Crippen LogP contribution in [0.3, 0.4) is 0 Å². The second-order valence-electron chi connectivity index (χ2n) is 5.03. The summed E-state index contributed by atoms with van der Waals surface area (Å²) >= 11 is 2.01. The van der Waals surface area contributed by atoms with E-state index in [-0.39, 0.29) is 0 Å². The summed E-state index contributed by atoms with van der Waals surface area (Å²) < 4.78 is 5.19. The number of ether oxygens (including phenoxy) is 1. The van der Waals surface area contributed by atoms with Gasteiger partial charge in [0.1, 0.15) is 0 Å². The van der Waals surface area contributed by atoms with Crippen molar-refractivity contribution in [3.05, 3.63) is 0 Å². The van der Waals surface area contributed by atoms with Crippen molar-refractivity contribution in [3.8, 4) is 6.01 Å². The first-order valence-electron chi connectivity index (χ1n) is 7.06. The van der Waals surface area contributed by atoms with E-state index in [2.05, 4.69) is 45.9 Å². The maximum absolute atomic E-state index is 5.19. The molecule has 1 saturated heterocycles. The molecule has 2 rings (SSSR count). The van der Waals surface area contributed by atoms with Gasteiger partial charge in [-0.15, -0.1) is 0 Å². The third-order valence-electron chi connectivity index (χ3n) is 3.02. The Hall–Kier alpha value is -1.24. The average molecular weight is 297 g/mol. The molecule has 0 bridgehead atoms. The van der Waals surface area contributed by atoms with Crippen molar-refractivity contribution in [2.24, 2.45) is 0 Å². The maximum atomic E-state index is 5.19. The molecule has 1 aromatic rings. The lowest BCUT2D eigenvalue weighted by atomic mass is 10.3. The van der Waals surface area contributed by atoms with Gasteiger partial charge in [-0.1, -0.05) is 20.8 Å². The molecule has 0 radical (unpaired) electrons. The van der Waals surface area contributed by atoms with Crippen LogP contribution in [-0.4, -0.2) is 52.2 Å². The molecule has 112 valence electrons. The number of anilines is 2. The van der Waals surface area contributed by atoms with E-state index in [9.17, 15) is 0 Å². The van der Waals surface area contributed by atoms with Crippen LogP contribution in [-0.2, 0) is 0 Å². The lowest BCUT2D eigenvalue weighted by molar-refractivity contribution is 0.378. The Labute approximate surface area is 124 Å². The molecule has 2 unspecified atom stereocenters. The van der Waals surface area contributed by atoms with Crippen molar-refractivity contribution in [1.82, 2.24) is 15.0 Å². The van der Waals surface area contributed by atoms with Crippen LogP contribution < -0.4 is 15.0 Å². The first kappa shape index (κ1) is 15.2. The minimum absolute atomic E-state index is 0.368. The van der Waals surface area contributed by atoms with Gasteiger partial charge >= 0.3 is 6.01 Å². The van der Waals surface area contributed by atoms with E-state index >= 15 is 0 Å². The minimum Gasteiger partial charge on any atom is -0.467 e. The molecule has 2 atom stereocenters. The molecule has 6 nitrogen and oxygen atoms in total. The van der Waals surface area contributed by atoms with Crippen molar-refractivity contribution >= 4 is 23.7 Å². The van der Waals surface area contributed by atoms with Crippen LogP contribution >= 0.6 is 11.8 Å². The van der Waals surface area contributed by atoms with Gasteiger partial charge in [0.2, 0.25) is 11.9 Å². The lowest BCUT2D eigenvalue weighted by Gasteiger charge is -2.34. The number of nitrogens with one attached hydrogen (secondary N) is 1. The minimum atomic E-state index is 0.368. The lowest BCUT2D eigenvalue weighted by Crippen LogP contribution is -2.41. The van der Waals surface area contributed by atoms with Crippen LogP contribution in [0.15, 0.2) is 0 Å². The van der Waals surface area contributed by atoms with Crippen molar-refractivity contribution in [2.45, 2.75) is 37.7 Å². The molecule has 0 spiro atoms. The molecular weight excluding hydrogens is 274 g/mol. The number of aromatic nitrogens is 3. The van der Waals surface area contributed by atoms with Crippen molar-refractivity contribution in [2.75, 3.05) is 37.0 Å². The first-order chi connectivity index (χ1) is 9.62. The molecule has 1 N–H and O–H groups in total. The molecule has 0 amide bonds. The zero-order valence-corrected chi connectivity index (χ0v) is 13.4. The topological polar surface area (TPSA) is 63.2 Å². The Kier molecular flexibility index (Phi) is 5.28. The molecule has 7 heteroatoms. The summed E-state index contributed by atoms with van der Waals surface area (Å²) in [5, 5.41) is 4.35. The quantitative estimate of drug-likeness (QED) is 0.892. The van der Waals surface area contributed by atoms with Gasteiger partial charge in [-0.3, -0.25) is 0 Å². The summed E-state index contributed by atoms with van der Waals surface area (Å²) in [5.74, 6) is 1.29. The SMILES string of the molecule is CCCNc1nc(OC)nc(N2CC(C)SC(C)C2)n1. The number of methoxy groups -OCH3 is 1. The fraction of sp³-hybridized carbons (Fsp3) is 0.769.